The van der Waals surface area contributed by atoms with Crippen LogP contribution in [0.1, 0.15) is 27.0 Å². The van der Waals surface area contributed by atoms with Crippen molar-refractivity contribution in [2.45, 2.75) is 45.3 Å². The lowest BCUT2D eigenvalue weighted by Crippen LogP contribution is -2.55. The average Bonchev–Trinajstić information content (AvgIpc) is 3.02. The number of ether oxygens (including phenoxy) is 4. The Labute approximate surface area is 158 Å². The van der Waals surface area contributed by atoms with E-state index >= 15 is 0 Å². The van der Waals surface area contributed by atoms with Gasteiger partial charge in [0.05, 0.1) is 12.9 Å². The second kappa shape index (κ2) is 7.76. The lowest BCUT2D eigenvalue weighted by atomic mass is 10.0. The van der Waals surface area contributed by atoms with Gasteiger partial charge in [-0.15, -0.1) is 0 Å². The van der Waals surface area contributed by atoms with Crippen molar-refractivity contribution < 1.29 is 33.3 Å². The van der Waals surface area contributed by atoms with Crippen LogP contribution in [-0.4, -0.2) is 62.3 Å². The van der Waals surface area contributed by atoms with Gasteiger partial charge < -0.3 is 24.7 Å². The van der Waals surface area contributed by atoms with Crippen molar-refractivity contribution in [2.75, 3.05) is 12.3 Å². The Morgan fingerprint density at radius 1 is 1.04 bits per heavy atom. The van der Waals surface area contributed by atoms with Gasteiger partial charge >= 0.3 is 17.9 Å². The number of nitrogens with zero attached hydrogens (tertiary/aromatic N) is 4. The fourth-order valence-corrected chi connectivity index (χ4v) is 3.02. The van der Waals surface area contributed by atoms with Crippen LogP contribution in [0.25, 0.3) is 11.2 Å². The Kier molecular flexibility index (Phi) is 5.40. The Hall–Kier alpha value is -3.28. The van der Waals surface area contributed by atoms with Crippen molar-refractivity contribution in [3.63, 3.8) is 0 Å². The van der Waals surface area contributed by atoms with Gasteiger partial charge in [-0.3, -0.25) is 19.0 Å². The molecule has 1 aliphatic rings. The summed E-state index contributed by atoms with van der Waals surface area (Å²) in [5.41, 5.74) is 6.47. The monoisotopic (exact) mass is 393 g/mol. The third kappa shape index (κ3) is 3.86. The summed E-state index contributed by atoms with van der Waals surface area (Å²) in [5.74, 6) is -1.71. The number of carbonyl (C=O) groups excluding carboxylic acids is 3. The predicted molar refractivity (Wildman–Crippen MR) is 91.4 cm³/mol. The lowest BCUT2D eigenvalue weighted by Gasteiger charge is -2.40. The highest BCUT2D eigenvalue weighted by atomic mass is 16.6. The molecule has 2 aromatic heterocycles. The normalized spacial score (nSPS) is 24.5. The van der Waals surface area contributed by atoms with Gasteiger partial charge in [0.1, 0.15) is 11.8 Å². The van der Waals surface area contributed by atoms with Gasteiger partial charge in [0.25, 0.3) is 0 Å². The van der Waals surface area contributed by atoms with Crippen molar-refractivity contribution in [2.24, 2.45) is 0 Å². The van der Waals surface area contributed by atoms with Crippen LogP contribution < -0.4 is 5.73 Å². The van der Waals surface area contributed by atoms with E-state index in [4.69, 9.17) is 24.7 Å². The van der Waals surface area contributed by atoms with E-state index in [0.29, 0.717) is 11.2 Å². The molecule has 0 amide bonds. The van der Waals surface area contributed by atoms with Crippen LogP contribution in [0.4, 0.5) is 5.82 Å². The van der Waals surface area contributed by atoms with Crippen LogP contribution in [0.15, 0.2) is 12.7 Å². The first-order valence-corrected chi connectivity index (χ1v) is 8.34. The van der Waals surface area contributed by atoms with Gasteiger partial charge in [-0.25, -0.2) is 15.0 Å². The van der Waals surface area contributed by atoms with Crippen LogP contribution in [-0.2, 0) is 33.3 Å². The zero-order valence-electron chi connectivity index (χ0n) is 15.4. The van der Waals surface area contributed by atoms with Crippen LogP contribution in [0.5, 0.6) is 0 Å². The van der Waals surface area contributed by atoms with E-state index < -0.39 is 42.4 Å². The van der Waals surface area contributed by atoms with Gasteiger partial charge in [-0.1, -0.05) is 0 Å². The van der Waals surface area contributed by atoms with E-state index in [0.717, 1.165) is 0 Å². The number of nitrogens with two attached hydrogens (primary N) is 1. The molecule has 0 saturated carbocycles. The summed E-state index contributed by atoms with van der Waals surface area (Å²) >= 11 is 0. The Bertz CT molecular complexity index is 914. The topological polar surface area (TPSA) is 158 Å². The highest BCUT2D eigenvalue weighted by molar-refractivity contribution is 5.81. The number of aromatic nitrogens is 4. The van der Waals surface area contributed by atoms with Crippen LogP contribution in [0, 0.1) is 0 Å². The number of nitrogen functional groups attached to an aromatic ring is 1. The second-order valence-electron chi connectivity index (χ2n) is 6.10. The molecule has 0 spiro atoms. The van der Waals surface area contributed by atoms with Crippen molar-refractivity contribution in [3.05, 3.63) is 12.7 Å². The standard InChI is InChI=1S/C16H19N5O7/c1-7(22)26-10-4-25-16(13(28-9(3)24)12(10)27-8(2)23)21-6-20-11-14(17)18-5-19-15(11)21/h5-6,10,12-13,16H,4H2,1-3H3,(H2,17,18,19)/t10-,12+,13+,16+/m0/s1. The number of imidazole rings is 1. The van der Waals surface area contributed by atoms with Crippen LogP contribution >= 0.6 is 0 Å². The second-order valence-corrected chi connectivity index (χ2v) is 6.10. The minimum absolute atomic E-state index is 0.111. The molecule has 1 fully saturated rings. The van der Waals surface area contributed by atoms with E-state index in [9.17, 15) is 14.4 Å². The molecule has 3 rings (SSSR count). The molecule has 3 heterocycles. The quantitative estimate of drug-likeness (QED) is 0.538. The molecular formula is C16H19N5O7. The van der Waals surface area contributed by atoms with Gasteiger partial charge in [0.15, 0.2) is 36.0 Å². The molecule has 12 heteroatoms. The van der Waals surface area contributed by atoms with Gasteiger partial charge in [-0.2, -0.15) is 0 Å². The molecule has 1 saturated heterocycles. The van der Waals surface area contributed by atoms with Crippen molar-refractivity contribution in [3.8, 4) is 0 Å². The Morgan fingerprint density at radius 3 is 2.32 bits per heavy atom. The molecule has 0 aliphatic carbocycles. The molecule has 150 valence electrons. The summed E-state index contributed by atoms with van der Waals surface area (Å²) in [7, 11) is 0. The molecule has 1 aliphatic heterocycles. The highest BCUT2D eigenvalue weighted by Crippen LogP contribution is 2.32. The van der Waals surface area contributed by atoms with Gasteiger partial charge in [-0.05, 0) is 0 Å². The van der Waals surface area contributed by atoms with Gasteiger partial charge in [0, 0.05) is 20.8 Å². The molecule has 0 aromatic carbocycles. The van der Waals surface area contributed by atoms with Crippen LogP contribution in [0.2, 0.25) is 0 Å². The molecule has 12 nitrogen and oxygen atoms in total. The van der Waals surface area contributed by atoms with E-state index in [1.165, 1.54) is 38.0 Å². The maximum absolute atomic E-state index is 11.7. The number of rotatable bonds is 4. The van der Waals surface area contributed by atoms with E-state index in [1.54, 1.807) is 0 Å². The third-order valence-corrected chi connectivity index (χ3v) is 3.99. The molecular weight excluding hydrogens is 374 g/mol. The molecule has 0 unspecified atom stereocenters. The number of hydrogen-bond acceptors (Lipinski definition) is 11. The molecule has 28 heavy (non-hydrogen) atoms. The number of fused-ring (bicyclic) bond motifs is 1. The Balaban J connectivity index is 2.03. The molecule has 0 bridgehead atoms. The summed E-state index contributed by atoms with van der Waals surface area (Å²) in [4.78, 5) is 46.9. The van der Waals surface area contributed by atoms with Gasteiger partial charge in [0.2, 0.25) is 0 Å². The minimum atomic E-state index is -1.13. The van der Waals surface area contributed by atoms with Crippen molar-refractivity contribution >= 4 is 34.9 Å². The number of hydrogen-bond donors (Lipinski definition) is 1. The first-order valence-electron chi connectivity index (χ1n) is 8.34. The summed E-state index contributed by atoms with van der Waals surface area (Å²) < 4.78 is 23.2. The Morgan fingerprint density at radius 2 is 1.68 bits per heavy atom. The third-order valence-electron chi connectivity index (χ3n) is 3.99. The van der Waals surface area contributed by atoms with E-state index in [-0.39, 0.29) is 12.4 Å². The summed E-state index contributed by atoms with van der Waals surface area (Å²) in [5, 5.41) is 0. The first-order chi connectivity index (χ1) is 13.3. The molecule has 2 N–H and O–H groups in total. The van der Waals surface area contributed by atoms with Crippen molar-refractivity contribution in [1.29, 1.82) is 0 Å². The first kappa shape index (κ1) is 19.5. The maximum Gasteiger partial charge on any atom is 0.303 e. The number of esters is 3. The van der Waals surface area contributed by atoms with Crippen LogP contribution in [0.3, 0.4) is 0 Å². The SMILES string of the molecule is CC(=O)O[C@@H]1[C@H](OC(C)=O)[C@@H](OC(C)=O)CO[C@H]1n1cnc2c(N)ncnc21. The molecule has 0 radical (unpaired) electrons. The van der Waals surface area contributed by atoms with Crippen molar-refractivity contribution in [1.82, 2.24) is 19.5 Å². The summed E-state index contributed by atoms with van der Waals surface area (Å²) in [6, 6.07) is 0. The predicted octanol–water partition coefficient (Wildman–Crippen LogP) is -0.268. The average molecular weight is 393 g/mol. The smallest absolute Gasteiger partial charge is 0.303 e. The molecule has 4 atom stereocenters. The lowest BCUT2D eigenvalue weighted by molar-refractivity contribution is -0.239. The number of carbonyl (C=O) groups is 3. The van der Waals surface area contributed by atoms with E-state index in [1.807, 2.05) is 0 Å². The largest absolute Gasteiger partial charge is 0.456 e. The molecule has 2 aromatic rings. The van der Waals surface area contributed by atoms with E-state index in [2.05, 4.69) is 15.0 Å². The zero-order chi connectivity index (χ0) is 20.4. The zero-order valence-corrected chi connectivity index (χ0v) is 15.4. The highest BCUT2D eigenvalue weighted by Gasteiger charge is 2.48. The number of anilines is 1. The maximum atomic E-state index is 11.7. The summed E-state index contributed by atoms with van der Waals surface area (Å²) in [6.07, 6.45) is -1.50. The minimum Gasteiger partial charge on any atom is -0.456 e. The fraction of sp³-hybridized carbons (Fsp3) is 0.500. The summed E-state index contributed by atoms with van der Waals surface area (Å²) in [6.45, 7) is 3.49. The fourth-order valence-electron chi connectivity index (χ4n) is 3.02.